The number of nitrogens with one attached hydrogen (secondary N) is 5. The van der Waals surface area contributed by atoms with Crippen molar-refractivity contribution >= 4 is 79.3 Å². The Balaban J connectivity index is 0.000000653. The number of aliphatic hydroxyl groups excluding tert-OH is 7. The van der Waals surface area contributed by atoms with Gasteiger partial charge < -0.3 is 147 Å². The molecule has 0 bridgehead atoms. The normalized spacial score (nSPS) is 26.3. The molecule has 11 atom stereocenters. The highest BCUT2D eigenvalue weighted by molar-refractivity contribution is 7.81. The maximum absolute atomic E-state index is 11.7. The Labute approximate surface area is 594 Å². The van der Waals surface area contributed by atoms with Crippen LogP contribution in [-0.4, -0.2) is 318 Å². The van der Waals surface area contributed by atoms with Crippen LogP contribution < -0.4 is 37.4 Å². The lowest BCUT2D eigenvalue weighted by Crippen LogP contribution is -2.86. The summed E-state index contributed by atoms with van der Waals surface area (Å²) in [5.41, 5.74) is 7.55. The quantitative estimate of drug-likeness (QED) is 0.0180. The topological polar surface area (TPSA) is 766 Å². The molecule has 0 fully saturated rings. The van der Waals surface area contributed by atoms with Crippen molar-refractivity contribution < 1.29 is 184 Å². The summed E-state index contributed by atoms with van der Waals surface area (Å²) in [6.45, 7) is 2.29. The number of allylic oxidation sites excluding steroid dienone is 5. The van der Waals surface area contributed by atoms with Crippen LogP contribution in [0, 0.1) is 0 Å². The third-order valence-corrected chi connectivity index (χ3v) is 15.8. The number of nitrogens with zero attached hydrogens (tertiary/aromatic N) is 2. The summed E-state index contributed by atoms with van der Waals surface area (Å²) in [7, 11) is -2.43. The number of nitrogens with two attached hydrogens (primary N) is 2. The molecule has 26 N–H and O–H groups in total. The molecular formula is C57H93N9O36S2. The summed E-state index contributed by atoms with van der Waals surface area (Å²) < 4.78 is 97.6. The Morgan fingerprint density at radius 2 is 0.971 bits per heavy atom. The average Bonchev–Trinajstić information content (AvgIpc) is 0.815. The second-order valence-corrected chi connectivity index (χ2v) is 25.5. The van der Waals surface area contributed by atoms with Crippen LogP contribution >= 0.6 is 0 Å². The first-order valence-corrected chi connectivity index (χ1v) is 33.1. The Bertz CT molecular complexity index is 3580. The van der Waals surface area contributed by atoms with E-state index < -0.39 is 174 Å². The van der Waals surface area contributed by atoms with Crippen molar-refractivity contribution in [1.29, 1.82) is 0 Å². The molecular weight excluding hydrogens is 1450 g/mol. The van der Waals surface area contributed by atoms with Gasteiger partial charge in [-0.25, -0.2) is 54.4 Å². The SMILES string of the molecule is CCCNC1=C(OC)C(=O)CC(O)(CO)C1.CN=C1CC(O)(CO)CC(NC(C(=O)O)C(C)O)=C1OC.COC1=C(N)CC(O)(OS(=O)(=O)[O-])CC1=[NH+]C(C(=O)O)C(C)O.COC1=C(N)CC(O)(OS(=O)(=O)[O-])CC1=[NH+]C(CO)C(=O)O.COC1=C(NC(O)C(=O)O)CC(O)(CO)CC1=NCC(=O)O. The Kier molecular flexibility index (Phi) is 36.7. The van der Waals surface area contributed by atoms with Crippen molar-refractivity contribution in [3.8, 4) is 0 Å². The predicted octanol–water partition coefficient (Wildman–Crippen LogP) is -11.5. The maximum Gasteiger partial charge on any atom is 0.375 e. The van der Waals surface area contributed by atoms with E-state index in [2.05, 4.69) is 44.3 Å². The highest BCUT2D eigenvalue weighted by Gasteiger charge is 2.47. The number of Topliss-reactive ketones (excluding diaryl/α,β-unsaturated/α-hetero) is 1. The minimum atomic E-state index is -5.24. The molecule has 0 saturated heterocycles. The van der Waals surface area contributed by atoms with Gasteiger partial charge in [-0.2, -0.15) is 0 Å². The highest BCUT2D eigenvalue weighted by Crippen LogP contribution is 2.35. The Hall–Kier alpha value is -8.34. The van der Waals surface area contributed by atoms with Crippen molar-refractivity contribution in [2.75, 3.05) is 82.1 Å². The number of aliphatic carboxylic acids is 5. The van der Waals surface area contributed by atoms with Gasteiger partial charge in [0.2, 0.25) is 55.8 Å². The first-order chi connectivity index (χ1) is 47.9. The molecule has 0 amide bonds. The van der Waals surface area contributed by atoms with Gasteiger partial charge >= 0.3 is 29.8 Å². The van der Waals surface area contributed by atoms with Crippen LogP contribution in [0.3, 0.4) is 0 Å². The molecule has 47 heteroatoms. The first-order valence-electron chi connectivity index (χ1n) is 30.4. The minimum Gasteiger partial charge on any atom is -0.725 e. The number of aliphatic hydroxyl groups is 12. The zero-order valence-corrected chi connectivity index (χ0v) is 59.3. The van der Waals surface area contributed by atoms with E-state index in [1.54, 1.807) is 0 Å². The molecule has 0 saturated carbocycles. The van der Waals surface area contributed by atoms with Gasteiger partial charge in [-0.3, -0.25) is 19.6 Å². The fourth-order valence-electron chi connectivity index (χ4n) is 10.3. The summed E-state index contributed by atoms with van der Waals surface area (Å²) in [6, 6.07) is -4.21. The summed E-state index contributed by atoms with van der Waals surface area (Å²) in [4.78, 5) is 78.7. The van der Waals surface area contributed by atoms with Crippen molar-refractivity contribution in [3.63, 3.8) is 0 Å². The number of ether oxygens (including phenoxy) is 5. The van der Waals surface area contributed by atoms with Crippen LogP contribution in [0.4, 0.5) is 0 Å². The third-order valence-electron chi connectivity index (χ3n) is 14.8. The molecule has 11 unspecified atom stereocenters. The molecule has 5 aliphatic carbocycles. The number of carboxylic acid groups (broad SMARTS) is 5. The lowest BCUT2D eigenvalue weighted by atomic mass is 9.85. The summed E-state index contributed by atoms with van der Waals surface area (Å²) in [5, 5.41) is 168. The van der Waals surface area contributed by atoms with Gasteiger partial charge in [-0.15, -0.1) is 0 Å². The number of hydrogen-bond acceptors (Lipinski definition) is 38. The average molecular weight is 1540 g/mol. The number of aliphatic imine (C=N–C) groups is 2. The Morgan fingerprint density at radius 1 is 0.558 bits per heavy atom. The lowest BCUT2D eigenvalue weighted by Gasteiger charge is -2.35. The number of carboxylic acids is 5. The molecule has 104 heavy (non-hydrogen) atoms. The zero-order valence-electron chi connectivity index (χ0n) is 57.7. The maximum atomic E-state index is 11.7. The second kappa shape index (κ2) is 40.8. The van der Waals surface area contributed by atoms with Crippen LogP contribution in [0.1, 0.15) is 91.4 Å². The number of rotatable bonds is 30. The third kappa shape index (κ3) is 29.3. The molecule has 5 aliphatic rings. The zero-order chi connectivity index (χ0) is 80.4. The highest BCUT2D eigenvalue weighted by atomic mass is 32.3. The minimum absolute atomic E-state index is 0.00402. The lowest BCUT2D eigenvalue weighted by molar-refractivity contribution is -0.504. The molecule has 0 aliphatic heterocycles. The molecule has 5 rings (SSSR count). The van der Waals surface area contributed by atoms with Gasteiger partial charge in [0.05, 0.1) is 125 Å². The van der Waals surface area contributed by atoms with Gasteiger partial charge in [0.15, 0.2) is 34.9 Å². The van der Waals surface area contributed by atoms with Crippen LogP contribution in [-0.2, 0) is 81.6 Å². The second-order valence-electron chi connectivity index (χ2n) is 23.6. The summed E-state index contributed by atoms with van der Waals surface area (Å²) in [5.74, 6) is -11.5. The van der Waals surface area contributed by atoms with E-state index in [-0.39, 0.29) is 107 Å². The van der Waals surface area contributed by atoms with E-state index in [1.165, 1.54) is 56.4 Å². The van der Waals surface area contributed by atoms with Gasteiger partial charge in [0, 0.05) is 65.0 Å². The van der Waals surface area contributed by atoms with E-state index >= 15 is 0 Å². The van der Waals surface area contributed by atoms with Gasteiger partial charge in [-0.05, 0) is 20.3 Å². The van der Waals surface area contributed by atoms with Crippen molar-refractivity contribution in [3.05, 3.63) is 57.3 Å². The summed E-state index contributed by atoms with van der Waals surface area (Å²) >= 11 is 0. The molecule has 0 spiro atoms. The van der Waals surface area contributed by atoms with Crippen LogP contribution in [0.15, 0.2) is 67.3 Å². The fraction of sp³-hybridized carbons (Fsp3) is 0.649. The van der Waals surface area contributed by atoms with Gasteiger partial charge in [0.1, 0.15) is 24.9 Å². The smallest absolute Gasteiger partial charge is 0.375 e. The molecule has 45 nitrogen and oxygen atoms in total. The molecule has 0 heterocycles. The number of carbonyl (C=O) groups excluding carboxylic acids is 1. The fourth-order valence-corrected chi connectivity index (χ4v) is 11.3. The van der Waals surface area contributed by atoms with Crippen molar-refractivity contribution in [2.45, 2.75) is 156 Å². The van der Waals surface area contributed by atoms with Crippen molar-refractivity contribution in [1.82, 2.24) is 16.0 Å². The molecule has 0 aromatic heterocycles. The number of ketones is 1. The van der Waals surface area contributed by atoms with Crippen LogP contribution in [0.5, 0.6) is 0 Å². The van der Waals surface area contributed by atoms with Crippen LogP contribution in [0.25, 0.3) is 0 Å². The monoisotopic (exact) mass is 1540 g/mol. The van der Waals surface area contributed by atoms with E-state index in [4.69, 9.17) is 70.9 Å². The molecule has 594 valence electrons. The Morgan fingerprint density at radius 3 is 1.32 bits per heavy atom. The number of methoxy groups -OCH3 is 5. The largest absolute Gasteiger partial charge is 0.725 e. The molecule has 0 radical (unpaired) electrons. The van der Waals surface area contributed by atoms with Crippen molar-refractivity contribution in [2.24, 2.45) is 21.5 Å². The van der Waals surface area contributed by atoms with E-state index in [0.717, 1.165) is 6.42 Å². The standard InChI is InChI=1S/C13H22N2O6.C12H18N2O8.C11H18N2O9S.C11H19NO4.C10H16N2O9S/c1-7(17)10(12(18)19)15-9-5-13(20,6-16)4-8(14-2)11(9)21-3;1-22-9-6(13-4-8(16)17)2-12(21,5-15)3-7(9)14-10(18)11(19)20;1-5(14)8(10(15)16)13-7-4-11(17,22-23(18,19)20)3-6(12)9(7)21-2;1-3-4-12-8-5-11(15,7-13)6-9(14)10(8)16-2;1-20-8-5(11)2-10(16,21-22(17,18)19)3-6(8)12-7(4-13)9(14)15/h7,10,15-17,20H,4-6H2,1-3H3,(H,18,19);10,14-15,18,21H,2-5H2,1H3,(H,16,17)(H,19,20);5,8,14,17H,3-4,12H2,1-2H3,(H,15,16)(H,18,19,20);12-13,15H,3-7H2,1-2H3;7,13,16H,2-4,11H2,1H3,(H,14,15)(H,17,18,19). The predicted molar refractivity (Wildman–Crippen MR) is 345 cm³/mol. The number of carbonyl (C=O) groups is 6. The first kappa shape index (κ1) is 93.7. The van der Waals surface area contributed by atoms with E-state index in [0.29, 0.717) is 23.7 Å². The molecule has 0 aromatic carbocycles. The summed E-state index contributed by atoms with van der Waals surface area (Å²) in [6.07, 6.45) is -6.04. The van der Waals surface area contributed by atoms with Gasteiger partial charge in [-0.1, -0.05) is 6.92 Å². The van der Waals surface area contributed by atoms with E-state index in [1.807, 2.05) is 6.92 Å². The van der Waals surface area contributed by atoms with E-state index in [9.17, 15) is 106 Å². The molecule has 0 aromatic rings. The number of hydrogen-bond donors (Lipinski definition) is 24. The van der Waals surface area contributed by atoms with Gasteiger partial charge in [0.25, 0.3) is 12.1 Å². The van der Waals surface area contributed by atoms with Crippen LogP contribution in [0.2, 0.25) is 0 Å².